The topological polar surface area (TPSA) is 39.3 Å². The minimum Gasteiger partial charge on any atom is -0.508 e. The number of benzene rings is 1. The minimum absolute atomic E-state index is 0.252. The van der Waals surface area contributed by atoms with Gasteiger partial charge in [-0.2, -0.15) is 0 Å². The van der Waals surface area contributed by atoms with E-state index < -0.39 is 6.50 Å². The van der Waals surface area contributed by atoms with Crippen LogP contribution in [0.1, 0.15) is 32.8 Å². The third-order valence-electron chi connectivity index (χ3n) is 5.23. The Morgan fingerprint density at radius 3 is 3.21 bits per heavy atom. The first kappa shape index (κ1) is 8.64. The summed E-state index contributed by atoms with van der Waals surface area (Å²) < 4.78 is 17.0. The summed E-state index contributed by atoms with van der Waals surface area (Å²) in [5.41, 5.74) is 3.31. The molecule has 0 amide bonds. The average Bonchev–Trinajstić information content (AvgIpc) is 3.10. The summed E-state index contributed by atoms with van der Waals surface area (Å²) in [6.07, 6.45) is 2.71. The Bertz CT molecular complexity index is 754. The molecule has 2 bridgehead atoms. The van der Waals surface area contributed by atoms with Crippen LogP contribution in [0.15, 0.2) is 18.2 Å². The third kappa shape index (κ3) is 1.26. The summed E-state index contributed by atoms with van der Waals surface area (Å²) in [4.78, 5) is 5.62. The van der Waals surface area contributed by atoms with Crippen LogP contribution in [0.25, 0.3) is 10.9 Å². The minimum atomic E-state index is -1.29. The van der Waals surface area contributed by atoms with E-state index in [0.29, 0.717) is 24.3 Å². The van der Waals surface area contributed by atoms with Crippen molar-refractivity contribution in [3.63, 3.8) is 0 Å². The predicted molar refractivity (Wildman–Crippen MR) is 74.5 cm³/mol. The van der Waals surface area contributed by atoms with Crippen LogP contribution in [0.2, 0.25) is 0 Å². The van der Waals surface area contributed by atoms with E-state index in [0.717, 1.165) is 29.4 Å². The molecule has 98 valence electrons. The monoisotopic (exact) mass is 256 g/mol. The van der Waals surface area contributed by atoms with Crippen LogP contribution in [0.5, 0.6) is 5.75 Å². The fraction of sp³-hybridized carbons (Fsp3) is 0.500. The summed E-state index contributed by atoms with van der Waals surface area (Å²) >= 11 is 0. The third-order valence-corrected chi connectivity index (χ3v) is 5.23. The van der Waals surface area contributed by atoms with Crippen molar-refractivity contribution in [2.75, 3.05) is 13.0 Å². The van der Waals surface area contributed by atoms with Crippen LogP contribution in [-0.2, 0) is 6.42 Å². The Morgan fingerprint density at radius 1 is 1.37 bits per heavy atom. The van der Waals surface area contributed by atoms with Crippen molar-refractivity contribution >= 4 is 10.9 Å². The van der Waals surface area contributed by atoms with Crippen LogP contribution in [0, 0.1) is 5.92 Å². The van der Waals surface area contributed by atoms with Crippen molar-refractivity contribution < 1.29 is 7.85 Å². The van der Waals surface area contributed by atoms with Crippen molar-refractivity contribution in [2.45, 2.75) is 31.2 Å². The fourth-order valence-corrected chi connectivity index (χ4v) is 4.46. The number of piperidine rings is 1. The van der Waals surface area contributed by atoms with Gasteiger partial charge in [0, 0.05) is 44.3 Å². The normalized spacial score (nSPS) is 36.9. The number of H-pyrrole nitrogens is 1. The molecular formula is C16H18N2O. The Hall–Kier alpha value is -1.48. The van der Waals surface area contributed by atoms with Gasteiger partial charge in [0.15, 0.2) is 0 Å². The highest BCUT2D eigenvalue weighted by Gasteiger charge is 2.47. The van der Waals surface area contributed by atoms with Crippen LogP contribution >= 0.6 is 0 Å². The SMILES string of the molecule is [2H]C1([2H])Cc2c([nH]c3ccc(O)cc23)[C@@H]2C[C@H]3C[C@@H]2N1C3. The van der Waals surface area contributed by atoms with Gasteiger partial charge >= 0.3 is 0 Å². The molecular weight excluding hydrogens is 236 g/mol. The maximum absolute atomic E-state index is 9.78. The van der Waals surface area contributed by atoms with E-state index in [1.807, 2.05) is 6.07 Å². The molecule has 1 aromatic heterocycles. The molecule has 0 unspecified atom stereocenters. The molecule has 3 atom stereocenters. The number of aromatic nitrogens is 1. The first-order chi connectivity index (χ1) is 10.0. The molecule has 1 saturated carbocycles. The van der Waals surface area contributed by atoms with E-state index in [4.69, 9.17) is 2.74 Å². The van der Waals surface area contributed by atoms with E-state index in [1.54, 1.807) is 12.1 Å². The van der Waals surface area contributed by atoms with Crippen LogP contribution in [-0.4, -0.2) is 34.1 Å². The summed E-state index contributed by atoms with van der Waals surface area (Å²) in [7, 11) is 0. The van der Waals surface area contributed by atoms with Gasteiger partial charge in [-0.05, 0) is 48.9 Å². The van der Waals surface area contributed by atoms with Gasteiger partial charge in [-0.3, -0.25) is 4.90 Å². The molecule has 2 fully saturated rings. The Balaban J connectivity index is 1.78. The molecule has 2 aromatic rings. The van der Waals surface area contributed by atoms with Gasteiger partial charge in [0.05, 0.1) is 0 Å². The van der Waals surface area contributed by atoms with Gasteiger partial charge in [-0.1, -0.05) is 0 Å². The maximum atomic E-state index is 9.78. The lowest BCUT2D eigenvalue weighted by Crippen LogP contribution is -2.36. The second kappa shape index (κ2) is 3.34. The molecule has 1 saturated heterocycles. The largest absolute Gasteiger partial charge is 0.508 e. The molecule has 3 nitrogen and oxygen atoms in total. The lowest BCUT2D eigenvalue weighted by Gasteiger charge is -2.30. The molecule has 3 heterocycles. The van der Waals surface area contributed by atoms with Crippen molar-refractivity contribution in [1.82, 2.24) is 9.88 Å². The highest BCUT2D eigenvalue weighted by atomic mass is 16.3. The van der Waals surface area contributed by atoms with Crippen LogP contribution < -0.4 is 0 Å². The number of aryl methyl sites for hydroxylation is 1. The number of aromatic amines is 1. The molecule has 1 aromatic carbocycles. The van der Waals surface area contributed by atoms with Crippen molar-refractivity contribution in [2.24, 2.45) is 5.92 Å². The zero-order valence-electron chi connectivity index (χ0n) is 12.7. The fourth-order valence-electron chi connectivity index (χ4n) is 4.46. The molecule has 2 aliphatic heterocycles. The van der Waals surface area contributed by atoms with E-state index >= 15 is 0 Å². The first-order valence-electron chi connectivity index (χ1n) is 8.13. The van der Waals surface area contributed by atoms with Gasteiger partial charge in [-0.15, -0.1) is 0 Å². The number of aromatic hydroxyl groups is 1. The van der Waals surface area contributed by atoms with Gasteiger partial charge in [-0.25, -0.2) is 0 Å². The lowest BCUT2D eigenvalue weighted by molar-refractivity contribution is 0.201. The number of hydrogen-bond acceptors (Lipinski definition) is 2. The number of rotatable bonds is 0. The zero-order valence-corrected chi connectivity index (χ0v) is 10.7. The number of hydrogen-bond donors (Lipinski definition) is 2. The number of phenols is 1. The molecule has 2 N–H and O–H groups in total. The summed E-state index contributed by atoms with van der Waals surface area (Å²) in [6, 6.07) is 5.71. The standard InChI is InChI=1S/C16H18N2O/c19-10-1-2-14-12(7-10)11-3-4-18-8-9-5-13(15(18)6-9)16(11)17-14/h1-2,7,9,13,15,17,19H,3-6,8H2/t9-,13+,15-/m0/s1/i4D2. The molecule has 1 aliphatic carbocycles. The van der Waals surface area contributed by atoms with Crippen LogP contribution in [0.3, 0.4) is 0 Å². The first-order valence-corrected chi connectivity index (χ1v) is 7.13. The number of fused-ring (bicyclic) bond motifs is 5. The van der Waals surface area contributed by atoms with E-state index in [9.17, 15) is 5.11 Å². The predicted octanol–water partition coefficient (Wildman–Crippen LogP) is 2.61. The summed E-state index contributed by atoms with van der Waals surface area (Å²) in [6.45, 7) is -0.383. The van der Waals surface area contributed by atoms with Crippen LogP contribution in [0.4, 0.5) is 0 Å². The highest BCUT2D eigenvalue weighted by molar-refractivity contribution is 5.86. The lowest BCUT2D eigenvalue weighted by atomic mass is 9.93. The van der Waals surface area contributed by atoms with Crippen molar-refractivity contribution in [3.8, 4) is 5.75 Å². The second-order valence-electron chi connectivity index (χ2n) is 6.25. The van der Waals surface area contributed by atoms with Crippen molar-refractivity contribution in [3.05, 3.63) is 29.5 Å². The number of nitrogens with zero attached hydrogens (tertiary/aromatic N) is 1. The van der Waals surface area contributed by atoms with Gasteiger partial charge < -0.3 is 10.1 Å². The molecule has 0 radical (unpaired) electrons. The Labute approximate surface area is 115 Å². The Morgan fingerprint density at radius 2 is 2.32 bits per heavy atom. The van der Waals surface area contributed by atoms with E-state index in [2.05, 4.69) is 9.88 Å². The van der Waals surface area contributed by atoms with Crippen molar-refractivity contribution in [1.29, 1.82) is 0 Å². The van der Waals surface area contributed by atoms with E-state index in [-0.39, 0.29) is 5.75 Å². The molecule has 5 rings (SSSR count). The summed E-state index contributed by atoms with van der Waals surface area (Å²) in [5.74, 6) is 1.31. The molecule has 3 heteroatoms. The second-order valence-corrected chi connectivity index (χ2v) is 6.25. The molecule has 19 heavy (non-hydrogen) atoms. The quantitative estimate of drug-likeness (QED) is 0.760. The van der Waals surface area contributed by atoms with Gasteiger partial charge in [0.2, 0.25) is 0 Å². The average molecular weight is 256 g/mol. The van der Waals surface area contributed by atoms with Gasteiger partial charge in [0.1, 0.15) is 5.75 Å². The summed E-state index contributed by atoms with van der Waals surface area (Å²) in [5, 5.41) is 10.8. The molecule has 0 spiro atoms. The zero-order chi connectivity index (χ0) is 14.4. The van der Waals surface area contributed by atoms with Gasteiger partial charge in [0.25, 0.3) is 0 Å². The number of phenolic OH excluding ortho intramolecular Hbond substituents is 1. The Kier molecular flexibility index (Phi) is 1.52. The maximum Gasteiger partial charge on any atom is 0.116 e. The van der Waals surface area contributed by atoms with E-state index in [1.165, 1.54) is 12.1 Å². The smallest absolute Gasteiger partial charge is 0.116 e. The highest BCUT2D eigenvalue weighted by Crippen LogP contribution is 2.50. The number of nitrogens with one attached hydrogen (secondary N) is 1. The molecule has 3 aliphatic rings.